The van der Waals surface area contributed by atoms with Gasteiger partial charge in [0.2, 0.25) is 0 Å². The molecule has 0 saturated heterocycles. The molecule has 1 saturated carbocycles. The first-order valence-electron chi connectivity index (χ1n) is 6.73. The van der Waals surface area contributed by atoms with Crippen LogP contribution < -0.4 is 11.1 Å². The summed E-state index contributed by atoms with van der Waals surface area (Å²) in [5.41, 5.74) is 9.46. The van der Waals surface area contributed by atoms with E-state index in [1.54, 1.807) is 0 Å². The van der Waals surface area contributed by atoms with E-state index in [1.807, 2.05) is 11.8 Å². The van der Waals surface area contributed by atoms with Gasteiger partial charge in [-0.15, -0.1) is 24.0 Å². The Bertz CT molecular complexity index is 458. The molecule has 112 valence electrons. The SMILES string of the molecule is CSC1(CN=C(N)Nc2cc(C)cc(C)c2)CCC1.I. The number of anilines is 1. The molecular formula is C15H24IN3S. The quantitative estimate of drug-likeness (QED) is 0.453. The monoisotopic (exact) mass is 405 g/mol. The topological polar surface area (TPSA) is 50.4 Å². The molecule has 3 N–H and O–H groups in total. The molecule has 0 bridgehead atoms. The van der Waals surface area contributed by atoms with Gasteiger partial charge in [-0.25, -0.2) is 0 Å². The highest BCUT2D eigenvalue weighted by atomic mass is 127. The Labute approximate surface area is 143 Å². The summed E-state index contributed by atoms with van der Waals surface area (Å²) < 4.78 is 0.342. The number of hydrogen-bond acceptors (Lipinski definition) is 2. The smallest absolute Gasteiger partial charge is 0.193 e. The van der Waals surface area contributed by atoms with Crippen LogP contribution in [0.5, 0.6) is 0 Å². The van der Waals surface area contributed by atoms with Gasteiger partial charge in [-0.05, 0) is 56.2 Å². The largest absolute Gasteiger partial charge is 0.370 e. The summed E-state index contributed by atoms with van der Waals surface area (Å²) in [6, 6.07) is 6.32. The van der Waals surface area contributed by atoms with Crippen molar-refractivity contribution in [2.75, 3.05) is 18.1 Å². The summed E-state index contributed by atoms with van der Waals surface area (Å²) in [5.74, 6) is 0.519. The summed E-state index contributed by atoms with van der Waals surface area (Å²) in [7, 11) is 0. The van der Waals surface area contributed by atoms with Crippen LogP contribution in [0.15, 0.2) is 23.2 Å². The van der Waals surface area contributed by atoms with Crippen LogP contribution in [0, 0.1) is 13.8 Å². The van der Waals surface area contributed by atoms with Gasteiger partial charge < -0.3 is 11.1 Å². The van der Waals surface area contributed by atoms with Crippen LogP contribution >= 0.6 is 35.7 Å². The molecule has 2 rings (SSSR count). The standard InChI is InChI=1S/C15H23N3S.HI/c1-11-7-12(2)9-13(8-11)18-14(16)17-10-15(19-3)5-4-6-15;/h7-9H,4-6,10H2,1-3H3,(H3,16,17,18);1H. The number of nitrogens with zero attached hydrogens (tertiary/aromatic N) is 1. The van der Waals surface area contributed by atoms with Crippen LogP contribution in [0.3, 0.4) is 0 Å². The average Bonchev–Trinajstić information content (AvgIpc) is 2.26. The van der Waals surface area contributed by atoms with Crippen LogP contribution in [-0.2, 0) is 0 Å². The number of benzene rings is 1. The third-order valence-corrected chi connectivity index (χ3v) is 5.13. The Hall–Kier alpha value is -0.430. The first-order valence-corrected chi connectivity index (χ1v) is 7.96. The zero-order chi connectivity index (χ0) is 13.9. The molecule has 1 fully saturated rings. The third kappa shape index (κ3) is 4.55. The molecule has 0 aliphatic heterocycles. The van der Waals surface area contributed by atoms with Crippen LogP contribution in [-0.4, -0.2) is 23.5 Å². The van der Waals surface area contributed by atoms with Crippen LogP contribution in [0.2, 0.25) is 0 Å². The molecule has 1 aromatic rings. The Morgan fingerprint density at radius 1 is 1.30 bits per heavy atom. The van der Waals surface area contributed by atoms with Crippen molar-refractivity contribution >= 4 is 47.4 Å². The Morgan fingerprint density at radius 2 is 1.90 bits per heavy atom. The van der Waals surface area contributed by atoms with Crippen molar-refractivity contribution in [3.8, 4) is 0 Å². The van der Waals surface area contributed by atoms with Crippen molar-refractivity contribution in [2.45, 2.75) is 37.9 Å². The van der Waals surface area contributed by atoms with Crippen molar-refractivity contribution in [2.24, 2.45) is 10.7 Å². The van der Waals surface area contributed by atoms with Gasteiger partial charge in [-0.3, -0.25) is 4.99 Å². The van der Waals surface area contributed by atoms with Crippen LogP contribution in [0.1, 0.15) is 30.4 Å². The van der Waals surface area contributed by atoms with E-state index in [4.69, 9.17) is 5.73 Å². The first kappa shape index (κ1) is 17.6. The number of halogens is 1. The molecule has 0 atom stereocenters. The highest BCUT2D eigenvalue weighted by molar-refractivity contribution is 14.0. The summed E-state index contributed by atoms with van der Waals surface area (Å²) in [4.78, 5) is 4.51. The van der Waals surface area contributed by atoms with E-state index in [0.717, 1.165) is 12.2 Å². The normalized spacial score (nSPS) is 17.1. The minimum Gasteiger partial charge on any atom is -0.370 e. The number of nitrogens with two attached hydrogens (primary N) is 1. The number of aryl methyl sites for hydroxylation is 2. The number of rotatable bonds is 4. The average molecular weight is 405 g/mol. The summed E-state index contributed by atoms with van der Waals surface area (Å²) in [6.45, 7) is 4.99. The van der Waals surface area contributed by atoms with E-state index < -0.39 is 0 Å². The Morgan fingerprint density at radius 3 is 2.35 bits per heavy atom. The molecule has 0 radical (unpaired) electrons. The van der Waals surface area contributed by atoms with Gasteiger partial charge in [0, 0.05) is 10.4 Å². The lowest BCUT2D eigenvalue weighted by Crippen LogP contribution is -2.37. The lowest BCUT2D eigenvalue weighted by Gasteiger charge is -2.39. The fourth-order valence-corrected chi connectivity index (χ4v) is 3.35. The summed E-state index contributed by atoms with van der Waals surface area (Å²) in [5, 5.41) is 3.19. The van der Waals surface area contributed by atoms with Gasteiger partial charge in [0.25, 0.3) is 0 Å². The second kappa shape index (κ2) is 7.54. The third-order valence-electron chi connectivity index (χ3n) is 3.73. The molecular weight excluding hydrogens is 381 g/mol. The maximum atomic E-state index is 5.98. The molecule has 1 aliphatic rings. The highest BCUT2D eigenvalue weighted by Crippen LogP contribution is 2.42. The molecule has 3 nitrogen and oxygen atoms in total. The number of thioether (sulfide) groups is 1. The van der Waals surface area contributed by atoms with Crippen molar-refractivity contribution in [1.29, 1.82) is 0 Å². The van der Waals surface area contributed by atoms with Gasteiger partial charge in [0.05, 0.1) is 6.54 Å². The van der Waals surface area contributed by atoms with Crippen LogP contribution in [0.25, 0.3) is 0 Å². The predicted molar refractivity (Wildman–Crippen MR) is 102 cm³/mol. The van der Waals surface area contributed by atoms with Gasteiger partial charge in [-0.2, -0.15) is 11.8 Å². The number of nitrogens with one attached hydrogen (secondary N) is 1. The number of hydrogen-bond donors (Lipinski definition) is 2. The van der Waals surface area contributed by atoms with Crippen molar-refractivity contribution in [1.82, 2.24) is 0 Å². The van der Waals surface area contributed by atoms with Crippen molar-refractivity contribution < 1.29 is 0 Å². The van der Waals surface area contributed by atoms with E-state index in [9.17, 15) is 0 Å². The highest BCUT2D eigenvalue weighted by Gasteiger charge is 2.35. The second-order valence-electron chi connectivity index (χ2n) is 5.44. The lowest BCUT2D eigenvalue weighted by molar-refractivity contribution is 0.372. The molecule has 0 spiro atoms. The van der Waals surface area contributed by atoms with Gasteiger partial charge in [0.1, 0.15) is 0 Å². The molecule has 20 heavy (non-hydrogen) atoms. The van der Waals surface area contributed by atoms with E-state index >= 15 is 0 Å². The fourth-order valence-electron chi connectivity index (χ4n) is 2.46. The zero-order valence-corrected chi connectivity index (χ0v) is 15.5. The summed E-state index contributed by atoms with van der Waals surface area (Å²) >= 11 is 1.92. The number of guanidine groups is 1. The maximum absolute atomic E-state index is 5.98. The van der Waals surface area contributed by atoms with E-state index in [1.165, 1.54) is 30.4 Å². The first-order chi connectivity index (χ1) is 9.03. The predicted octanol–water partition coefficient (Wildman–Crippen LogP) is 3.93. The maximum Gasteiger partial charge on any atom is 0.193 e. The molecule has 0 heterocycles. The molecule has 0 aromatic heterocycles. The van der Waals surface area contributed by atoms with E-state index in [2.05, 4.69) is 48.6 Å². The fraction of sp³-hybridized carbons (Fsp3) is 0.533. The Balaban J connectivity index is 0.00000200. The molecule has 0 unspecified atom stereocenters. The minimum absolute atomic E-state index is 0. The second-order valence-corrected chi connectivity index (χ2v) is 6.72. The van der Waals surface area contributed by atoms with E-state index in [-0.39, 0.29) is 24.0 Å². The van der Waals surface area contributed by atoms with Crippen molar-refractivity contribution in [3.05, 3.63) is 29.3 Å². The van der Waals surface area contributed by atoms with Crippen LogP contribution in [0.4, 0.5) is 5.69 Å². The molecule has 0 amide bonds. The number of aliphatic imine (C=N–C) groups is 1. The van der Waals surface area contributed by atoms with Gasteiger partial charge in [-0.1, -0.05) is 12.5 Å². The molecule has 5 heteroatoms. The minimum atomic E-state index is 0. The Kier molecular flexibility index (Phi) is 6.64. The molecule has 1 aliphatic carbocycles. The van der Waals surface area contributed by atoms with Gasteiger partial charge >= 0.3 is 0 Å². The summed E-state index contributed by atoms with van der Waals surface area (Å²) in [6.07, 6.45) is 6.01. The zero-order valence-electron chi connectivity index (χ0n) is 12.4. The van der Waals surface area contributed by atoms with Crippen molar-refractivity contribution in [3.63, 3.8) is 0 Å². The molecule has 1 aromatic carbocycles. The van der Waals surface area contributed by atoms with E-state index in [0.29, 0.717) is 10.7 Å². The van der Waals surface area contributed by atoms with Gasteiger partial charge in [0.15, 0.2) is 5.96 Å². The lowest BCUT2D eigenvalue weighted by atomic mass is 9.84.